The number of thioether (sulfide) groups is 1. The van der Waals surface area contributed by atoms with Gasteiger partial charge in [0.25, 0.3) is 5.56 Å². The molecule has 7 nitrogen and oxygen atoms in total. The van der Waals surface area contributed by atoms with Gasteiger partial charge >= 0.3 is 0 Å². The zero-order chi connectivity index (χ0) is 25.4. The van der Waals surface area contributed by atoms with Crippen molar-refractivity contribution < 1.29 is 5.11 Å². The fourth-order valence-electron chi connectivity index (χ4n) is 4.12. The Labute approximate surface area is 212 Å². The molecule has 0 bridgehead atoms. The fourth-order valence-corrected chi connectivity index (χ4v) is 5.01. The average molecular weight is 494 g/mol. The van der Waals surface area contributed by atoms with Gasteiger partial charge in [-0.3, -0.25) is 9.36 Å². The van der Waals surface area contributed by atoms with E-state index in [1.807, 2.05) is 75.5 Å². The molecule has 5 aromatic rings. The fraction of sp³-hybridized carbons (Fsp3) is 0.143. The molecule has 2 heterocycles. The summed E-state index contributed by atoms with van der Waals surface area (Å²) in [5.74, 6) is 0.298. The van der Waals surface area contributed by atoms with Crippen molar-refractivity contribution in [2.24, 2.45) is 7.05 Å². The first kappa shape index (κ1) is 23.4. The number of imidazole rings is 1. The van der Waals surface area contributed by atoms with E-state index in [0.717, 1.165) is 22.2 Å². The van der Waals surface area contributed by atoms with Crippen molar-refractivity contribution in [3.8, 4) is 11.8 Å². The highest BCUT2D eigenvalue weighted by Gasteiger charge is 2.19. The number of aliphatic hydroxyl groups excluding tert-OH is 1. The maximum Gasteiger partial charge on any atom is 0.266 e. The molecule has 2 aromatic heterocycles. The summed E-state index contributed by atoms with van der Waals surface area (Å²) in [5, 5.41) is 21.8. The Morgan fingerprint density at radius 1 is 1.00 bits per heavy atom. The van der Waals surface area contributed by atoms with Gasteiger partial charge in [0.15, 0.2) is 11.0 Å². The number of para-hydroxylation sites is 3. The number of benzene rings is 3. The number of fused-ring (bicyclic) bond motifs is 2. The molecule has 0 atom stereocenters. The van der Waals surface area contributed by atoms with Crippen molar-refractivity contribution in [1.82, 2.24) is 19.1 Å². The maximum atomic E-state index is 13.5. The summed E-state index contributed by atoms with van der Waals surface area (Å²) in [7, 11) is 1.81. The number of hydrogen-bond acceptors (Lipinski definition) is 6. The number of hydrogen-bond donors (Lipinski definition) is 1. The van der Waals surface area contributed by atoms with Gasteiger partial charge in [-0.2, -0.15) is 5.26 Å². The summed E-state index contributed by atoms with van der Waals surface area (Å²) >= 11 is 1.20. The number of aryl methyl sites for hydroxylation is 3. The van der Waals surface area contributed by atoms with Gasteiger partial charge in [0.2, 0.25) is 0 Å². The van der Waals surface area contributed by atoms with Crippen LogP contribution in [0.25, 0.3) is 33.2 Å². The van der Waals surface area contributed by atoms with Crippen molar-refractivity contribution >= 4 is 39.3 Å². The van der Waals surface area contributed by atoms with Gasteiger partial charge in [-0.15, -0.1) is 0 Å². The molecule has 3 aromatic carbocycles. The molecule has 1 N–H and O–H groups in total. The topological polar surface area (TPSA) is 96.7 Å². The molecule has 0 aliphatic heterocycles. The number of rotatable bonds is 5. The van der Waals surface area contributed by atoms with E-state index in [-0.39, 0.29) is 22.6 Å². The molecule has 0 unspecified atom stereocenters. The maximum absolute atomic E-state index is 13.5. The van der Waals surface area contributed by atoms with Crippen molar-refractivity contribution in [2.75, 3.05) is 5.75 Å². The summed E-state index contributed by atoms with van der Waals surface area (Å²) in [6.45, 7) is 4.01. The Morgan fingerprint density at radius 3 is 2.44 bits per heavy atom. The third-order valence-corrected chi connectivity index (χ3v) is 7.19. The molecule has 0 aliphatic carbocycles. The summed E-state index contributed by atoms with van der Waals surface area (Å²) < 4.78 is 3.35. The smallest absolute Gasteiger partial charge is 0.266 e. The van der Waals surface area contributed by atoms with E-state index in [1.54, 1.807) is 21.3 Å². The normalized spacial score (nSPS) is 12.1. The van der Waals surface area contributed by atoms with Crippen LogP contribution in [0, 0.1) is 25.2 Å². The van der Waals surface area contributed by atoms with E-state index >= 15 is 0 Å². The average Bonchev–Trinajstić information content (AvgIpc) is 3.21. The quantitative estimate of drug-likeness (QED) is 0.151. The Morgan fingerprint density at radius 2 is 1.72 bits per heavy atom. The standard InChI is InChI=1S/C28H23N5O2S/c1-17-12-13-19(14-18(17)2)33-27(35)20-8-4-5-9-22(20)31-28(33)36-16-25(34)21(15-29)26-30-23-10-6-7-11-24(23)32(26)3/h4-14,34H,16H2,1-3H3/b25-21+. The van der Waals surface area contributed by atoms with Gasteiger partial charge < -0.3 is 9.67 Å². The second-order valence-corrected chi connectivity index (χ2v) is 9.47. The molecule has 178 valence electrons. The number of aromatic nitrogens is 4. The highest BCUT2D eigenvalue weighted by Crippen LogP contribution is 2.27. The van der Waals surface area contributed by atoms with E-state index in [0.29, 0.717) is 27.6 Å². The van der Waals surface area contributed by atoms with Crippen LogP contribution in [0.4, 0.5) is 0 Å². The molecule has 0 amide bonds. The van der Waals surface area contributed by atoms with Crippen LogP contribution < -0.4 is 5.56 Å². The van der Waals surface area contributed by atoms with Crippen LogP contribution >= 0.6 is 11.8 Å². The third kappa shape index (κ3) is 4.04. The van der Waals surface area contributed by atoms with Crippen molar-refractivity contribution in [3.05, 3.63) is 99.8 Å². The molecule has 0 saturated carbocycles. The third-order valence-electron chi connectivity index (χ3n) is 6.24. The van der Waals surface area contributed by atoms with Crippen LogP contribution in [0.15, 0.2) is 82.4 Å². The Balaban J connectivity index is 1.59. The number of nitrogens with zero attached hydrogens (tertiary/aromatic N) is 5. The van der Waals surface area contributed by atoms with Gasteiger partial charge in [0.1, 0.15) is 17.4 Å². The van der Waals surface area contributed by atoms with Gasteiger partial charge in [0.05, 0.1) is 33.4 Å². The van der Waals surface area contributed by atoms with Gasteiger partial charge in [-0.05, 0) is 61.4 Å². The van der Waals surface area contributed by atoms with Crippen LogP contribution in [0.1, 0.15) is 17.0 Å². The van der Waals surface area contributed by atoms with E-state index in [2.05, 4.69) is 11.1 Å². The lowest BCUT2D eigenvalue weighted by Gasteiger charge is -2.14. The van der Waals surface area contributed by atoms with Gasteiger partial charge in [0, 0.05) is 7.05 Å². The molecular formula is C28H23N5O2S. The van der Waals surface area contributed by atoms with Crippen molar-refractivity contribution in [3.63, 3.8) is 0 Å². The molecule has 0 aliphatic rings. The predicted octanol–water partition coefficient (Wildman–Crippen LogP) is 5.47. The second kappa shape index (κ2) is 9.36. The highest BCUT2D eigenvalue weighted by atomic mass is 32.2. The summed E-state index contributed by atoms with van der Waals surface area (Å²) in [6.07, 6.45) is 0. The minimum absolute atomic E-state index is 0.0434. The highest BCUT2D eigenvalue weighted by molar-refractivity contribution is 7.99. The number of aliphatic hydroxyl groups is 1. The van der Waals surface area contributed by atoms with E-state index in [1.165, 1.54) is 11.8 Å². The first-order chi connectivity index (χ1) is 17.4. The molecule has 0 radical (unpaired) electrons. The lowest BCUT2D eigenvalue weighted by molar-refractivity contribution is 0.420. The minimum Gasteiger partial charge on any atom is -0.510 e. The van der Waals surface area contributed by atoms with Gasteiger partial charge in [-0.1, -0.05) is 42.1 Å². The van der Waals surface area contributed by atoms with Crippen molar-refractivity contribution in [1.29, 1.82) is 5.26 Å². The van der Waals surface area contributed by atoms with Crippen molar-refractivity contribution in [2.45, 2.75) is 19.0 Å². The summed E-state index contributed by atoms with van der Waals surface area (Å²) in [6, 6.07) is 22.7. The molecule has 5 rings (SSSR count). The SMILES string of the molecule is Cc1ccc(-n2c(SC/C(O)=C(/C#N)c3nc4ccccc4n3C)nc3ccccc3c2=O)cc1C. The lowest BCUT2D eigenvalue weighted by Crippen LogP contribution is -2.22. The minimum atomic E-state index is -0.189. The van der Waals surface area contributed by atoms with Crippen LogP contribution in [0.2, 0.25) is 0 Å². The molecular weight excluding hydrogens is 470 g/mol. The zero-order valence-electron chi connectivity index (χ0n) is 20.1. The zero-order valence-corrected chi connectivity index (χ0v) is 20.9. The number of nitriles is 1. The predicted molar refractivity (Wildman–Crippen MR) is 143 cm³/mol. The first-order valence-electron chi connectivity index (χ1n) is 11.4. The van der Waals surface area contributed by atoms with Crippen LogP contribution in [0.3, 0.4) is 0 Å². The largest absolute Gasteiger partial charge is 0.510 e. The molecule has 0 saturated heterocycles. The van der Waals surface area contributed by atoms with E-state index in [4.69, 9.17) is 4.98 Å². The molecule has 36 heavy (non-hydrogen) atoms. The monoisotopic (exact) mass is 493 g/mol. The number of allylic oxidation sites excluding steroid dienone is 1. The summed E-state index contributed by atoms with van der Waals surface area (Å²) in [5.41, 5.74) is 4.94. The molecule has 8 heteroatoms. The Kier molecular flexibility index (Phi) is 6.08. The first-order valence-corrected chi connectivity index (χ1v) is 12.3. The second-order valence-electron chi connectivity index (χ2n) is 8.53. The van der Waals surface area contributed by atoms with Gasteiger partial charge in [-0.25, -0.2) is 9.97 Å². The molecule has 0 fully saturated rings. The van der Waals surface area contributed by atoms with E-state index in [9.17, 15) is 15.2 Å². The Bertz CT molecular complexity index is 1780. The summed E-state index contributed by atoms with van der Waals surface area (Å²) in [4.78, 5) is 22.8. The Hall–Kier alpha value is -4.35. The lowest BCUT2D eigenvalue weighted by atomic mass is 10.1. The van der Waals surface area contributed by atoms with Crippen LogP contribution in [-0.4, -0.2) is 30.0 Å². The van der Waals surface area contributed by atoms with Crippen LogP contribution in [-0.2, 0) is 7.05 Å². The van der Waals surface area contributed by atoms with Crippen LogP contribution in [0.5, 0.6) is 0 Å². The molecule has 0 spiro atoms. The van der Waals surface area contributed by atoms with E-state index < -0.39 is 0 Å².